The average Bonchev–Trinajstić information content (AvgIpc) is 2.78. The maximum atomic E-state index is 13.6. The summed E-state index contributed by atoms with van der Waals surface area (Å²) in [5, 5.41) is 0. The summed E-state index contributed by atoms with van der Waals surface area (Å²) in [7, 11) is 0. The van der Waals surface area contributed by atoms with E-state index in [1.165, 1.54) is 6.07 Å². The van der Waals surface area contributed by atoms with E-state index in [-0.39, 0.29) is 24.2 Å². The van der Waals surface area contributed by atoms with Crippen molar-refractivity contribution >= 4 is 11.6 Å². The number of hydrogen-bond donors (Lipinski definition) is 2. The Morgan fingerprint density at radius 1 is 1.53 bits per heavy atom. The highest BCUT2D eigenvalue weighted by molar-refractivity contribution is 5.78. The number of halogens is 1. The van der Waals surface area contributed by atoms with E-state index in [2.05, 4.69) is 0 Å². The molecule has 2 rings (SSSR count). The van der Waals surface area contributed by atoms with Crippen LogP contribution in [0.15, 0.2) is 18.2 Å². The zero-order valence-corrected chi connectivity index (χ0v) is 9.53. The number of benzene rings is 1. The highest BCUT2D eigenvalue weighted by Gasteiger charge is 2.26. The monoisotopic (exact) mass is 237 g/mol. The minimum absolute atomic E-state index is 0.132. The van der Waals surface area contributed by atoms with E-state index in [9.17, 15) is 9.18 Å². The molecule has 0 saturated carbocycles. The molecule has 1 saturated heterocycles. The van der Waals surface area contributed by atoms with Crippen LogP contribution in [-0.2, 0) is 11.3 Å². The molecule has 1 heterocycles. The van der Waals surface area contributed by atoms with Gasteiger partial charge in [-0.05, 0) is 18.6 Å². The minimum Gasteiger partial charge on any atom is -0.371 e. The molecule has 0 aliphatic carbocycles. The van der Waals surface area contributed by atoms with Crippen LogP contribution in [-0.4, -0.2) is 19.0 Å². The number of nitrogens with zero attached hydrogens (tertiary/aromatic N) is 1. The Hall–Kier alpha value is -1.62. The van der Waals surface area contributed by atoms with Crippen LogP contribution in [0.2, 0.25) is 0 Å². The second-order valence-electron chi connectivity index (χ2n) is 4.31. The predicted octanol–water partition coefficient (Wildman–Crippen LogP) is 0.596. The van der Waals surface area contributed by atoms with E-state index >= 15 is 0 Å². The van der Waals surface area contributed by atoms with Gasteiger partial charge in [-0.1, -0.05) is 6.07 Å². The third-order valence-corrected chi connectivity index (χ3v) is 3.21. The number of carbonyl (C=O) groups is 1. The molecule has 1 aromatic carbocycles. The molecule has 0 bridgehead atoms. The number of amides is 1. The number of nitrogens with two attached hydrogens (primary N) is 2. The fourth-order valence-corrected chi connectivity index (χ4v) is 2.13. The first-order chi connectivity index (χ1) is 8.11. The molecular formula is C12H16FN3O. The number of carbonyl (C=O) groups excluding carboxylic acids is 1. The van der Waals surface area contributed by atoms with Gasteiger partial charge in [-0.25, -0.2) is 4.39 Å². The molecule has 0 aromatic heterocycles. The first kappa shape index (κ1) is 11.9. The Morgan fingerprint density at radius 2 is 2.29 bits per heavy atom. The third-order valence-electron chi connectivity index (χ3n) is 3.21. The second kappa shape index (κ2) is 4.71. The molecule has 4 nitrogen and oxygen atoms in total. The summed E-state index contributed by atoms with van der Waals surface area (Å²) >= 11 is 0. The number of primary amides is 1. The van der Waals surface area contributed by atoms with Crippen molar-refractivity contribution in [2.45, 2.75) is 13.0 Å². The lowest BCUT2D eigenvalue weighted by molar-refractivity contribution is -0.121. The van der Waals surface area contributed by atoms with Gasteiger partial charge in [0.1, 0.15) is 5.82 Å². The van der Waals surface area contributed by atoms with Crippen molar-refractivity contribution in [3.05, 3.63) is 29.6 Å². The van der Waals surface area contributed by atoms with Crippen molar-refractivity contribution in [3.63, 3.8) is 0 Å². The van der Waals surface area contributed by atoms with Gasteiger partial charge in [0.15, 0.2) is 0 Å². The van der Waals surface area contributed by atoms with Gasteiger partial charge in [0, 0.05) is 30.9 Å². The fourth-order valence-electron chi connectivity index (χ4n) is 2.13. The minimum atomic E-state index is -0.299. The Balaban J connectivity index is 2.14. The Labute approximate surface area is 99.4 Å². The van der Waals surface area contributed by atoms with Gasteiger partial charge >= 0.3 is 0 Å². The SMILES string of the molecule is NCc1ccc(N2CCC(C(N)=O)C2)cc1F. The van der Waals surface area contributed by atoms with Gasteiger partial charge in [0.25, 0.3) is 0 Å². The smallest absolute Gasteiger partial charge is 0.222 e. The molecule has 0 spiro atoms. The average molecular weight is 237 g/mol. The Kier molecular flexibility index (Phi) is 3.28. The molecule has 1 amide bonds. The number of rotatable bonds is 3. The summed E-state index contributed by atoms with van der Waals surface area (Å²) in [4.78, 5) is 13.0. The van der Waals surface area contributed by atoms with Crippen LogP contribution < -0.4 is 16.4 Å². The summed E-state index contributed by atoms with van der Waals surface area (Å²) in [6.07, 6.45) is 0.732. The zero-order valence-electron chi connectivity index (χ0n) is 9.53. The molecule has 1 aliphatic rings. The topological polar surface area (TPSA) is 72.3 Å². The van der Waals surface area contributed by atoms with E-state index in [1.54, 1.807) is 6.07 Å². The first-order valence-corrected chi connectivity index (χ1v) is 5.64. The van der Waals surface area contributed by atoms with Crippen molar-refractivity contribution < 1.29 is 9.18 Å². The van der Waals surface area contributed by atoms with Crippen molar-refractivity contribution in [3.8, 4) is 0 Å². The summed E-state index contributed by atoms with van der Waals surface area (Å²) in [5.41, 5.74) is 11.9. The fraction of sp³-hybridized carbons (Fsp3) is 0.417. The second-order valence-corrected chi connectivity index (χ2v) is 4.31. The maximum Gasteiger partial charge on any atom is 0.222 e. The van der Waals surface area contributed by atoms with Crippen LogP contribution in [0.4, 0.5) is 10.1 Å². The van der Waals surface area contributed by atoms with Crippen molar-refractivity contribution in [1.29, 1.82) is 0 Å². The van der Waals surface area contributed by atoms with Gasteiger partial charge in [-0.3, -0.25) is 4.79 Å². The van der Waals surface area contributed by atoms with Crippen molar-refractivity contribution in [1.82, 2.24) is 0 Å². The Bertz CT molecular complexity index is 436. The molecule has 1 aromatic rings. The van der Waals surface area contributed by atoms with Gasteiger partial charge in [-0.15, -0.1) is 0 Å². The third kappa shape index (κ3) is 2.39. The van der Waals surface area contributed by atoms with Crippen LogP contribution in [0.1, 0.15) is 12.0 Å². The highest BCUT2D eigenvalue weighted by atomic mass is 19.1. The van der Waals surface area contributed by atoms with Crippen LogP contribution in [0, 0.1) is 11.7 Å². The van der Waals surface area contributed by atoms with E-state index in [0.29, 0.717) is 12.1 Å². The van der Waals surface area contributed by atoms with Gasteiger partial charge in [0.05, 0.1) is 5.92 Å². The Morgan fingerprint density at radius 3 is 2.82 bits per heavy atom. The molecule has 1 aliphatic heterocycles. The van der Waals surface area contributed by atoms with Gasteiger partial charge in [0.2, 0.25) is 5.91 Å². The standard InChI is InChI=1S/C12H16FN3O/c13-11-5-10(2-1-8(11)6-14)16-4-3-9(7-16)12(15)17/h1-2,5,9H,3-4,6-7,14H2,(H2,15,17). The molecule has 5 heteroatoms. The molecule has 17 heavy (non-hydrogen) atoms. The van der Waals surface area contributed by atoms with Crippen molar-refractivity contribution in [2.75, 3.05) is 18.0 Å². The van der Waals surface area contributed by atoms with Crippen LogP contribution in [0.5, 0.6) is 0 Å². The van der Waals surface area contributed by atoms with E-state index in [0.717, 1.165) is 18.7 Å². The predicted molar refractivity (Wildman–Crippen MR) is 63.8 cm³/mol. The summed E-state index contributed by atoms with van der Waals surface area (Å²) in [6.45, 7) is 1.49. The largest absolute Gasteiger partial charge is 0.371 e. The first-order valence-electron chi connectivity index (χ1n) is 5.64. The van der Waals surface area contributed by atoms with Crippen LogP contribution >= 0.6 is 0 Å². The van der Waals surface area contributed by atoms with Gasteiger partial charge in [-0.2, -0.15) is 0 Å². The lowest BCUT2D eigenvalue weighted by atomic mass is 10.1. The molecule has 92 valence electrons. The number of anilines is 1. The molecule has 4 N–H and O–H groups in total. The summed E-state index contributed by atoms with van der Waals surface area (Å²) in [5.74, 6) is -0.716. The van der Waals surface area contributed by atoms with E-state index in [1.807, 2.05) is 11.0 Å². The molecule has 0 radical (unpaired) electrons. The number of hydrogen-bond acceptors (Lipinski definition) is 3. The molecular weight excluding hydrogens is 221 g/mol. The lowest BCUT2D eigenvalue weighted by Crippen LogP contribution is -2.27. The van der Waals surface area contributed by atoms with Crippen LogP contribution in [0.3, 0.4) is 0 Å². The molecule has 1 fully saturated rings. The summed E-state index contributed by atoms with van der Waals surface area (Å²) in [6, 6.07) is 4.97. The lowest BCUT2D eigenvalue weighted by Gasteiger charge is -2.18. The van der Waals surface area contributed by atoms with E-state index in [4.69, 9.17) is 11.5 Å². The normalized spacial score (nSPS) is 19.6. The van der Waals surface area contributed by atoms with Gasteiger partial charge < -0.3 is 16.4 Å². The highest BCUT2D eigenvalue weighted by Crippen LogP contribution is 2.25. The van der Waals surface area contributed by atoms with E-state index < -0.39 is 0 Å². The maximum absolute atomic E-state index is 13.6. The molecule has 1 unspecified atom stereocenters. The van der Waals surface area contributed by atoms with Crippen LogP contribution in [0.25, 0.3) is 0 Å². The van der Waals surface area contributed by atoms with Crippen molar-refractivity contribution in [2.24, 2.45) is 17.4 Å². The molecule has 1 atom stereocenters. The zero-order chi connectivity index (χ0) is 12.4. The quantitative estimate of drug-likeness (QED) is 0.808. The summed E-state index contributed by atoms with van der Waals surface area (Å²) < 4.78 is 13.6.